The van der Waals surface area contributed by atoms with Crippen molar-refractivity contribution in [3.63, 3.8) is 0 Å². The van der Waals surface area contributed by atoms with E-state index in [9.17, 15) is 14.0 Å². The van der Waals surface area contributed by atoms with Gasteiger partial charge in [-0.25, -0.2) is 4.39 Å². The van der Waals surface area contributed by atoms with Crippen LogP contribution in [-0.4, -0.2) is 29.5 Å². The van der Waals surface area contributed by atoms with E-state index >= 15 is 0 Å². The zero-order chi connectivity index (χ0) is 19.5. The summed E-state index contributed by atoms with van der Waals surface area (Å²) in [5.41, 5.74) is 1.06. The number of rotatable bonds is 4. The molecule has 2 aromatic carbocycles. The Labute approximate surface area is 164 Å². The standard InChI is InChI=1S/C20H16FN3O3S/c21-15-6-2-1-5-14(15)11-23-9-10-28-20(23)22-18(25)12-24-16-7-3-4-8-17(16)27-13-19(24)26/h1-10H,11-13H2. The normalized spacial score (nSPS) is 14.0. The van der Waals surface area contributed by atoms with Crippen LogP contribution in [0.25, 0.3) is 0 Å². The van der Waals surface area contributed by atoms with Crippen molar-refractivity contribution in [2.75, 3.05) is 18.1 Å². The van der Waals surface area contributed by atoms with Crippen molar-refractivity contribution < 1.29 is 18.7 Å². The van der Waals surface area contributed by atoms with E-state index in [1.165, 1.54) is 22.3 Å². The summed E-state index contributed by atoms with van der Waals surface area (Å²) in [7, 11) is 0. The number of anilines is 1. The number of halogens is 1. The smallest absolute Gasteiger partial charge is 0.268 e. The summed E-state index contributed by atoms with van der Waals surface area (Å²) in [5.74, 6) is -0.517. The van der Waals surface area contributed by atoms with E-state index in [0.29, 0.717) is 21.8 Å². The Morgan fingerprint density at radius 3 is 2.82 bits per heavy atom. The second-order valence-electron chi connectivity index (χ2n) is 6.15. The third-order valence-electron chi connectivity index (χ3n) is 4.28. The second kappa shape index (κ2) is 7.77. The number of amides is 2. The average Bonchev–Trinajstić information content (AvgIpc) is 3.12. The summed E-state index contributed by atoms with van der Waals surface area (Å²) in [6.07, 6.45) is 1.75. The van der Waals surface area contributed by atoms with Crippen LogP contribution in [0.4, 0.5) is 10.1 Å². The van der Waals surface area contributed by atoms with Crippen molar-refractivity contribution in [3.05, 3.63) is 76.3 Å². The number of ether oxygens (including phenoxy) is 1. The Bertz CT molecular complexity index is 1110. The summed E-state index contributed by atoms with van der Waals surface area (Å²) in [6.45, 7) is -0.0327. The molecule has 0 aliphatic carbocycles. The topological polar surface area (TPSA) is 63.9 Å². The maximum absolute atomic E-state index is 13.9. The molecule has 0 atom stereocenters. The van der Waals surface area contributed by atoms with Crippen molar-refractivity contribution in [2.24, 2.45) is 4.99 Å². The maximum Gasteiger partial charge on any atom is 0.268 e. The number of nitrogens with zero attached hydrogens (tertiary/aromatic N) is 3. The van der Waals surface area contributed by atoms with Crippen LogP contribution < -0.4 is 14.4 Å². The van der Waals surface area contributed by atoms with Gasteiger partial charge in [0.1, 0.15) is 18.1 Å². The molecular formula is C20H16FN3O3S. The molecule has 4 rings (SSSR count). The van der Waals surface area contributed by atoms with Crippen LogP contribution in [0.2, 0.25) is 0 Å². The zero-order valence-corrected chi connectivity index (χ0v) is 15.6. The van der Waals surface area contributed by atoms with Crippen LogP contribution in [0, 0.1) is 5.82 Å². The Morgan fingerprint density at radius 1 is 1.18 bits per heavy atom. The van der Waals surface area contributed by atoms with Crippen LogP contribution in [0.5, 0.6) is 5.75 Å². The summed E-state index contributed by atoms with van der Waals surface area (Å²) in [5, 5.41) is 1.78. The number of hydrogen-bond donors (Lipinski definition) is 0. The van der Waals surface area contributed by atoms with Crippen LogP contribution >= 0.6 is 11.3 Å². The van der Waals surface area contributed by atoms with Crippen molar-refractivity contribution in [1.82, 2.24) is 4.57 Å². The molecule has 0 bridgehead atoms. The highest BCUT2D eigenvalue weighted by Gasteiger charge is 2.26. The lowest BCUT2D eigenvalue weighted by Gasteiger charge is -2.28. The highest BCUT2D eigenvalue weighted by atomic mass is 32.1. The van der Waals surface area contributed by atoms with E-state index in [0.717, 1.165) is 0 Å². The Kier molecular flexibility index (Phi) is 5.03. The number of aromatic nitrogens is 1. The molecule has 8 heteroatoms. The van der Waals surface area contributed by atoms with Gasteiger partial charge in [-0.05, 0) is 18.2 Å². The van der Waals surface area contributed by atoms with Gasteiger partial charge in [0.05, 0.1) is 12.2 Å². The maximum atomic E-state index is 13.9. The van der Waals surface area contributed by atoms with E-state index in [2.05, 4.69) is 4.99 Å². The highest BCUT2D eigenvalue weighted by molar-refractivity contribution is 7.07. The fraction of sp³-hybridized carbons (Fsp3) is 0.150. The second-order valence-corrected chi connectivity index (χ2v) is 7.02. The first kappa shape index (κ1) is 18.1. The molecule has 28 heavy (non-hydrogen) atoms. The largest absolute Gasteiger partial charge is 0.482 e. The van der Waals surface area contributed by atoms with Crippen molar-refractivity contribution in [1.29, 1.82) is 0 Å². The first-order valence-corrected chi connectivity index (χ1v) is 9.47. The van der Waals surface area contributed by atoms with Crippen molar-refractivity contribution in [2.45, 2.75) is 6.54 Å². The van der Waals surface area contributed by atoms with Gasteiger partial charge in [0.2, 0.25) is 0 Å². The Balaban J connectivity index is 1.56. The molecule has 0 N–H and O–H groups in total. The number of benzene rings is 2. The Morgan fingerprint density at radius 2 is 1.96 bits per heavy atom. The molecule has 6 nitrogen and oxygen atoms in total. The van der Waals surface area contributed by atoms with Crippen molar-refractivity contribution >= 4 is 28.8 Å². The van der Waals surface area contributed by atoms with E-state index in [1.807, 2.05) is 0 Å². The predicted octanol–water partition coefficient (Wildman–Crippen LogP) is 2.59. The van der Waals surface area contributed by atoms with Gasteiger partial charge in [-0.15, -0.1) is 11.3 Å². The summed E-state index contributed by atoms with van der Waals surface area (Å²) in [6, 6.07) is 13.5. The third kappa shape index (κ3) is 3.72. The lowest BCUT2D eigenvalue weighted by molar-refractivity contribution is -0.124. The molecule has 2 heterocycles. The minimum atomic E-state index is -0.463. The molecule has 1 aromatic heterocycles. The first-order valence-electron chi connectivity index (χ1n) is 8.59. The average molecular weight is 397 g/mol. The number of fused-ring (bicyclic) bond motifs is 1. The number of carbonyl (C=O) groups excluding carboxylic acids is 2. The Hall–Kier alpha value is -3.26. The SMILES string of the molecule is O=C(CN1C(=O)COc2ccccc21)N=c1sccn1Cc1ccccc1F. The predicted molar refractivity (Wildman–Crippen MR) is 103 cm³/mol. The van der Waals surface area contributed by atoms with Crippen LogP contribution in [0.3, 0.4) is 0 Å². The molecule has 0 unspecified atom stereocenters. The fourth-order valence-corrected chi connectivity index (χ4v) is 3.67. The van der Waals surface area contributed by atoms with Gasteiger partial charge < -0.3 is 9.30 Å². The van der Waals surface area contributed by atoms with Gasteiger partial charge in [-0.1, -0.05) is 30.3 Å². The monoisotopic (exact) mass is 397 g/mol. The third-order valence-corrected chi connectivity index (χ3v) is 5.07. The number of thiazole rings is 1. The molecule has 1 aliphatic rings. The lowest BCUT2D eigenvalue weighted by Crippen LogP contribution is -2.42. The minimum Gasteiger partial charge on any atom is -0.482 e. The summed E-state index contributed by atoms with van der Waals surface area (Å²) >= 11 is 1.28. The molecule has 0 saturated carbocycles. The van der Waals surface area contributed by atoms with Gasteiger partial charge in [0.15, 0.2) is 11.4 Å². The quantitative estimate of drug-likeness (QED) is 0.680. The summed E-state index contributed by atoms with van der Waals surface area (Å²) < 4.78 is 21.0. The summed E-state index contributed by atoms with van der Waals surface area (Å²) in [4.78, 5) is 30.7. The van der Waals surface area contributed by atoms with Gasteiger partial charge in [0, 0.05) is 17.1 Å². The molecule has 0 fully saturated rings. The van der Waals surface area contributed by atoms with Gasteiger partial charge in [0.25, 0.3) is 11.8 Å². The van der Waals surface area contributed by atoms with E-state index in [4.69, 9.17) is 4.74 Å². The molecule has 142 valence electrons. The molecule has 0 radical (unpaired) electrons. The first-order chi connectivity index (χ1) is 13.6. The molecule has 1 aliphatic heterocycles. The van der Waals surface area contributed by atoms with Crippen molar-refractivity contribution in [3.8, 4) is 5.75 Å². The highest BCUT2D eigenvalue weighted by Crippen LogP contribution is 2.31. The van der Waals surface area contributed by atoms with E-state index in [1.54, 1.807) is 58.6 Å². The molecular weight excluding hydrogens is 381 g/mol. The van der Waals surface area contributed by atoms with Gasteiger partial charge >= 0.3 is 0 Å². The molecule has 0 saturated heterocycles. The lowest BCUT2D eigenvalue weighted by atomic mass is 10.2. The number of para-hydroxylation sites is 2. The van der Waals surface area contributed by atoms with Gasteiger partial charge in [-0.3, -0.25) is 14.5 Å². The number of carbonyl (C=O) groups is 2. The van der Waals surface area contributed by atoms with Crippen LogP contribution in [0.15, 0.2) is 65.1 Å². The zero-order valence-electron chi connectivity index (χ0n) is 14.7. The fourth-order valence-electron chi connectivity index (χ4n) is 2.92. The van der Waals surface area contributed by atoms with Crippen LogP contribution in [0.1, 0.15) is 5.56 Å². The molecule has 2 amide bonds. The van der Waals surface area contributed by atoms with Gasteiger partial charge in [-0.2, -0.15) is 4.99 Å². The van der Waals surface area contributed by atoms with E-state index in [-0.39, 0.29) is 31.4 Å². The molecule has 0 spiro atoms. The molecule has 3 aromatic rings. The van der Waals surface area contributed by atoms with Crippen LogP contribution in [-0.2, 0) is 16.1 Å². The number of hydrogen-bond acceptors (Lipinski definition) is 4. The minimum absolute atomic E-state index is 0.115. The van der Waals surface area contributed by atoms with E-state index < -0.39 is 5.91 Å².